The number of ketones is 1. The van der Waals surface area contributed by atoms with Crippen LogP contribution >= 0.6 is 11.9 Å². The first kappa shape index (κ1) is 14.1. The number of rotatable bonds is 5. The minimum absolute atomic E-state index is 0.0929. The van der Waals surface area contributed by atoms with Gasteiger partial charge in [-0.1, -0.05) is 18.2 Å². The van der Waals surface area contributed by atoms with Crippen LogP contribution in [0.4, 0.5) is 0 Å². The summed E-state index contributed by atoms with van der Waals surface area (Å²) >= 11 is 1.50. The molecule has 0 aliphatic heterocycles. The Hall–Kier alpha value is -2.87. The molecule has 0 bridgehead atoms. The molecule has 0 aliphatic carbocycles. The molecule has 0 fully saturated rings. The van der Waals surface area contributed by atoms with Gasteiger partial charge in [-0.25, -0.2) is 0 Å². The topological polar surface area (TPSA) is 96.7 Å². The monoisotopic (exact) mass is 313 g/mol. The third kappa shape index (κ3) is 3.23. The van der Waals surface area contributed by atoms with Gasteiger partial charge in [0.1, 0.15) is 5.76 Å². The van der Waals surface area contributed by atoms with E-state index < -0.39 is 5.78 Å². The molecule has 0 atom stereocenters. The highest BCUT2D eigenvalue weighted by atomic mass is 32.2. The van der Waals surface area contributed by atoms with E-state index in [4.69, 9.17) is 0 Å². The number of nitrogens with zero attached hydrogens (tertiary/aromatic N) is 4. The summed E-state index contributed by atoms with van der Waals surface area (Å²) in [6.45, 7) is 0. The molecule has 0 unspecified atom stereocenters. The van der Waals surface area contributed by atoms with Crippen molar-refractivity contribution >= 4 is 23.5 Å². The van der Waals surface area contributed by atoms with Crippen LogP contribution in [0.25, 0.3) is 5.76 Å². The molecular formula is C14H11N5O2S. The number of allylic oxidation sites excluding steroid dienone is 1. The molecule has 0 saturated heterocycles. The molecule has 1 aromatic carbocycles. The second kappa shape index (κ2) is 6.27. The fourth-order valence-corrected chi connectivity index (χ4v) is 2.54. The van der Waals surface area contributed by atoms with Gasteiger partial charge in [-0.15, -0.1) is 10.2 Å². The first-order chi connectivity index (χ1) is 10.7. The molecule has 7 nitrogen and oxygen atoms in total. The molecule has 3 aromatic rings. The van der Waals surface area contributed by atoms with Crippen LogP contribution in [0, 0.1) is 0 Å². The SMILES string of the molecule is O=C(C=C(O)c1ccn(Sc2ccccc2)c1)c1nn[nH]n1. The molecule has 22 heavy (non-hydrogen) atoms. The predicted octanol–water partition coefficient (Wildman–Crippen LogP) is 2.34. The number of benzene rings is 1. The maximum Gasteiger partial charge on any atom is 0.244 e. The van der Waals surface area contributed by atoms with Crippen LogP contribution in [0.2, 0.25) is 0 Å². The maximum absolute atomic E-state index is 11.8. The summed E-state index contributed by atoms with van der Waals surface area (Å²) in [5, 5.41) is 22.6. The molecule has 2 aromatic heterocycles. The number of aromatic nitrogens is 5. The number of tetrazole rings is 1. The zero-order valence-corrected chi connectivity index (χ0v) is 12.1. The Bertz CT molecular complexity index is 796. The van der Waals surface area contributed by atoms with Crippen LogP contribution in [0.15, 0.2) is 59.8 Å². The molecular weight excluding hydrogens is 302 g/mol. The van der Waals surface area contributed by atoms with E-state index in [1.165, 1.54) is 11.9 Å². The van der Waals surface area contributed by atoms with Gasteiger partial charge >= 0.3 is 0 Å². The normalized spacial score (nSPS) is 11.5. The van der Waals surface area contributed by atoms with E-state index in [9.17, 15) is 9.90 Å². The third-order valence-electron chi connectivity index (χ3n) is 2.75. The van der Waals surface area contributed by atoms with E-state index in [1.54, 1.807) is 18.5 Å². The number of H-pyrrole nitrogens is 1. The van der Waals surface area contributed by atoms with Crippen LogP contribution in [-0.2, 0) is 0 Å². The fourth-order valence-electron chi connectivity index (χ4n) is 1.73. The molecule has 0 amide bonds. The first-order valence-corrected chi connectivity index (χ1v) is 7.10. The molecule has 0 radical (unpaired) electrons. The number of aromatic amines is 1. The summed E-state index contributed by atoms with van der Waals surface area (Å²) in [4.78, 5) is 12.8. The minimum atomic E-state index is -0.519. The van der Waals surface area contributed by atoms with Crippen molar-refractivity contribution in [3.05, 3.63) is 66.3 Å². The lowest BCUT2D eigenvalue weighted by Gasteiger charge is -2.01. The fraction of sp³-hybridized carbons (Fsp3) is 0. The molecule has 2 heterocycles. The van der Waals surface area contributed by atoms with E-state index in [1.807, 2.05) is 34.3 Å². The van der Waals surface area contributed by atoms with Crippen molar-refractivity contribution in [2.75, 3.05) is 0 Å². The number of aliphatic hydroxyl groups is 1. The average Bonchev–Trinajstić information content (AvgIpc) is 3.19. The number of nitrogens with one attached hydrogen (secondary N) is 1. The number of aliphatic hydroxyl groups excluding tert-OH is 1. The van der Waals surface area contributed by atoms with Gasteiger partial charge in [0.25, 0.3) is 0 Å². The van der Waals surface area contributed by atoms with Gasteiger partial charge in [0, 0.05) is 28.9 Å². The van der Waals surface area contributed by atoms with E-state index >= 15 is 0 Å². The van der Waals surface area contributed by atoms with Gasteiger partial charge < -0.3 is 5.11 Å². The standard InChI is InChI=1S/C14H11N5O2S/c20-12(8-13(21)14-15-17-18-16-14)10-6-7-19(9-10)22-11-4-2-1-3-5-11/h1-9,20H,(H,15,16,17,18). The van der Waals surface area contributed by atoms with Crippen LogP contribution in [0.1, 0.15) is 16.2 Å². The smallest absolute Gasteiger partial charge is 0.244 e. The van der Waals surface area contributed by atoms with E-state index in [0.717, 1.165) is 11.0 Å². The van der Waals surface area contributed by atoms with E-state index in [-0.39, 0.29) is 11.6 Å². The van der Waals surface area contributed by atoms with Crippen molar-refractivity contribution in [1.29, 1.82) is 0 Å². The lowest BCUT2D eigenvalue weighted by Crippen LogP contribution is -1.99. The van der Waals surface area contributed by atoms with Crippen molar-refractivity contribution in [1.82, 2.24) is 24.6 Å². The number of carbonyl (C=O) groups is 1. The van der Waals surface area contributed by atoms with Crippen molar-refractivity contribution in [3.63, 3.8) is 0 Å². The summed E-state index contributed by atoms with van der Waals surface area (Å²) in [6, 6.07) is 11.5. The highest BCUT2D eigenvalue weighted by Crippen LogP contribution is 2.22. The van der Waals surface area contributed by atoms with Crippen LogP contribution in [-0.4, -0.2) is 35.5 Å². The van der Waals surface area contributed by atoms with E-state index in [2.05, 4.69) is 20.6 Å². The predicted molar refractivity (Wildman–Crippen MR) is 81.2 cm³/mol. The van der Waals surface area contributed by atoms with Crippen LogP contribution < -0.4 is 0 Å². The zero-order chi connectivity index (χ0) is 15.4. The number of hydrogen-bond acceptors (Lipinski definition) is 6. The Morgan fingerprint density at radius 1 is 1.27 bits per heavy atom. The Labute approximate surface area is 129 Å². The lowest BCUT2D eigenvalue weighted by atomic mass is 10.2. The molecule has 0 spiro atoms. The molecule has 110 valence electrons. The Morgan fingerprint density at radius 3 is 2.82 bits per heavy atom. The Balaban J connectivity index is 1.74. The number of hydrogen-bond donors (Lipinski definition) is 2. The van der Waals surface area contributed by atoms with Crippen molar-refractivity contribution in [2.45, 2.75) is 4.90 Å². The average molecular weight is 313 g/mol. The molecule has 2 N–H and O–H groups in total. The van der Waals surface area contributed by atoms with Crippen molar-refractivity contribution in [2.24, 2.45) is 0 Å². The Morgan fingerprint density at radius 2 is 2.09 bits per heavy atom. The summed E-state index contributed by atoms with van der Waals surface area (Å²) in [5.74, 6) is -0.762. The maximum atomic E-state index is 11.8. The summed E-state index contributed by atoms with van der Waals surface area (Å²) in [6.07, 6.45) is 4.60. The van der Waals surface area contributed by atoms with Crippen molar-refractivity contribution < 1.29 is 9.90 Å². The molecule has 0 saturated carbocycles. The quantitative estimate of drug-likeness (QED) is 0.426. The second-order valence-corrected chi connectivity index (χ2v) is 5.37. The van der Waals surface area contributed by atoms with Gasteiger partial charge in [0.05, 0.1) is 0 Å². The second-order valence-electron chi connectivity index (χ2n) is 4.29. The van der Waals surface area contributed by atoms with Gasteiger partial charge in [-0.2, -0.15) is 5.21 Å². The molecule has 8 heteroatoms. The lowest BCUT2D eigenvalue weighted by molar-refractivity contribution is 0.103. The van der Waals surface area contributed by atoms with Crippen LogP contribution in [0.3, 0.4) is 0 Å². The highest BCUT2D eigenvalue weighted by molar-refractivity contribution is 7.97. The largest absolute Gasteiger partial charge is 0.507 e. The van der Waals surface area contributed by atoms with Gasteiger partial charge in [0.15, 0.2) is 0 Å². The third-order valence-corrected chi connectivity index (χ3v) is 3.67. The number of carbonyl (C=O) groups excluding carboxylic acids is 1. The molecule has 3 rings (SSSR count). The zero-order valence-electron chi connectivity index (χ0n) is 11.2. The molecule has 0 aliphatic rings. The summed E-state index contributed by atoms with van der Waals surface area (Å²) in [5.41, 5.74) is 0.528. The minimum Gasteiger partial charge on any atom is -0.507 e. The van der Waals surface area contributed by atoms with Crippen LogP contribution in [0.5, 0.6) is 0 Å². The van der Waals surface area contributed by atoms with Gasteiger partial charge in [-0.05, 0) is 35.4 Å². The van der Waals surface area contributed by atoms with Gasteiger partial charge in [-0.3, -0.25) is 8.77 Å². The first-order valence-electron chi connectivity index (χ1n) is 6.32. The summed E-state index contributed by atoms with van der Waals surface area (Å²) in [7, 11) is 0. The van der Waals surface area contributed by atoms with Gasteiger partial charge in [0.2, 0.25) is 11.6 Å². The highest BCUT2D eigenvalue weighted by Gasteiger charge is 2.11. The van der Waals surface area contributed by atoms with Crippen molar-refractivity contribution in [3.8, 4) is 0 Å². The Kier molecular flexibility index (Phi) is 4.01. The summed E-state index contributed by atoms with van der Waals surface area (Å²) < 4.78 is 1.84. The van der Waals surface area contributed by atoms with E-state index in [0.29, 0.717) is 5.56 Å².